The number of pyridine rings is 1. The second-order valence-corrected chi connectivity index (χ2v) is 7.49. The molecule has 1 aliphatic heterocycles. The molecule has 3 rings (SSSR count). The molecule has 2 heterocycles. The van der Waals surface area contributed by atoms with E-state index in [-0.39, 0.29) is 11.8 Å². The van der Waals surface area contributed by atoms with Crippen LogP contribution in [0.15, 0.2) is 29.1 Å². The first kappa shape index (κ1) is 19.1. The highest BCUT2D eigenvalue weighted by atomic mass is 16.6. The summed E-state index contributed by atoms with van der Waals surface area (Å²) in [5.74, 6) is -0.789. The van der Waals surface area contributed by atoms with Gasteiger partial charge in [-0.15, -0.1) is 0 Å². The highest BCUT2D eigenvalue weighted by Gasteiger charge is 2.26. The lowest BCUT2D eigenvalue weighted by atomic mass is 10.0. The maximum atomic E-state index is 13.0. The third-order valence-electron chi connectivity index (χ3n) is 4.31. The molecule has 0 spiro atoms. The van der Waals surface area contributed by atoms with E-state index in [0.717, 1.165) is 23.0 Å². The lowest BCUT2D eigenvalue weighted by Gasteiger charge is -2.21. The largest absolute Gasteiger partial charge is 0.464 e. The molecule has 1 aliphatic rings. The average molecular weight is 373 g/mol. The van der Waals surface area contributed by atoms with E-state index >= 15 is 0 Å². The first-order valence-electron chi connectivity index (χ1n) is 8.84. The minimum Gasteiger partial charge on any atom is -0.464 e. The van der Waals surface area contributed by atoms with Crippen LogP contribution in [0, 0.1) is 0 Å². The van der Waals surface area contributed by atoms with Gasteiger partial charge in [0.25, 0.3) is 5.56 Å². The number of ether oxygens (including phenoxy) is 3. The van der Waals surface area contributed by atoms with Gasteiger partial charge in [-0.25, -0.2) is 14.2 Å². The number of fused-ring (bicyclic) bond motifs is 1. The minimum absolute atomic E-state index is 0.0238. The number of nitrogens with zero attached hydrogens (tertiary/aromatic N) is 1. The summed E-state index contributed by atoms with van der Waals surface area (Å²) in [6.45, 7) is 5.75. The van der Waals surface area contributed by atoms with E-state index in [0.29, 0.717) is 17.4 Å². The Kier molecular flexibility index (Phi) is 5.06. The summed E-state index contributed by atoms with van der Waals surface area (Å²) in [5, 5.41) is 0.864. The molecule has 0 N–H and O–H groups in total. The monoisotopic (exact) mass is 373 g/mol. The van der Waals surface area contributed by atoms with Crippen molar-refractivity contribution < 1.29 is 23.8 Å². The third-order valence-corrected chi connectivity index (χ3v) is 4.31. The molecule has 0 amide bonds. The minimum atomic E-state index is -0.919. The van der Waals surface area contributed by atoms with Crippen LogP contribution in [0.25, 0.3) is 10.8 Å². The second kappa shape index (κ2) is 7.15. The quantitative estimate of drug-likeness (QED) is 0.750. The van der Waals surface area contributed by atoms with Crippen molar-refractivity contribution in [3.05, 3.63) is 45.9 Å². The molecule has 1 unspecified atom stereocenters. The Hall–Kier alpha value is -2.67. The zero-order valence-electron chi connectivity index (χ0n) is 15.9. The fraction of sp³-hybridized carbons (Fsp3) is 0.450. The molecule has 27 heavy (non-hydrogen) atoms. The Morgan fingerprint density at radius 3 is 2.56 bits per heavy atom. The zero-order chi connectivity index (χ0) is 19.8. The lowest BCUT2D eigenvalue weighted by molar-refractivity contribution is 0.0476. The van der Waals surface area contributed by atoms with Crippen LogP contribution in [0.2, 0.25) is 0 Å². The van der Waals surface area contributed by atoms with E-state index in [1.165, 1.54) is 13.2 Å². The van der Waals surface area contributed by atoms with Crippen LogP contribution in [0.5, 0.6) is 0 Å². The van der Waals surface area contributed by atoms with Crippen molar-refractivity contribution in [2.45, 2.75) is 45.3 Å². The highest BCUT2D eigenvalue weighted by molar-refractivity contribution is 5.97. The maximum absolute atomic E-state index is 13.0. The smallest absolute Gasteiger partial charge is 0.422 e. The van der Waals surface area contributed by atoms with Crippen molar-refractivity contribution in [1.29, 1.82) is 0 Å². The standard InChI is InChI=1S/C20H23NO6/c1-20(2,3)27-19(24)21-15(18(23)25-4)11-13-10-12(16-6-5-9-26-16)7-8-14(13)17(21)22/h7-8,10-11,16H,5-6,9H2,1-4H3. The first-order valence-corrected chi connectivity index (χ1v) is 8.84. The Labute approximate surface area is 156 Å². The van der Waals surface area contributed by atoms with Crippen molar-refractivity contribution >= 4 is 22.8 Å². The number of aromatic nitrogens is 1. The molecule has 7 nitrogen and oxygen atoms in total. The molecule has 0 radical (unpaired) electrons. The summed E-state index contributed by atoms with van der Waals surface area (Å²) in [6.07, 6.45) is 0.947. The number of esters is 1. The first-order chi connectivity index (χ1) is 12.7. The average Bonchev–Trinajstić information content (AvgIpc) is 3.13. The SMILES string of the molecule is COC(=O)c1cc2cc(C3CCCO3)ccc2c(=O)n1C(=O)OC(C)(C)C. The van der Waals surface area contributed by atoms with Gasteiger partial charge in [-0.05, 0) is 62.8 Å². The zero-order valence-corrected chi connectivity index (χ0v) is 15.9. The van der Waals surface area contributed by atoms with Crippen molar-refractivity contribution in [2.75, 3.05) is 13.7 Å². The Balaban J connectivity index is 2.18. The number of carbonyl (C=O) groups excluding carboxylic acids is 2. The molecule has 1 saturated heterocycles. The molecule has 0 aliphatic carbocycles. The van der Waals surface area contributed by atoms with Gasteiger partial charge in [0.15, 0.2) is 0 Å². The number of rotatable bonds is 2. The molecular weight excluding hydrogens is 350 g/mol. The summed E-state index contributed by atoms with van der Waals surface area (Å²) in [6, 6.07) is 6.76. The molecular formula is C20H23NO6. The molecule has 1 aromatic carbocycles. The lowest BCUT2D eigenvalue weighted by Crippen LogP contribution is -2.37. The molecule has 144 valence electrons. The summed E-state index contributed by atoms with van der Waals surface area (Å²) in [4.78, 5) is 37.7. The number of carbonyl (C=O) groups is 2. The second-order valence-electron chi connectivity index (χ2n) is 7.49. The fourth-order valence-electron chi connectivity index (χ4n) is 3.12. The van der Waals surface area contributed by atoms with Gasteiger partial charge in [-0.2, -0.15) is 0 Å². The van der Waals surface area contributed by atoms with Gasteiger partial charge in [0.2, 0.25) is 0 Å². The van der Waals surface area contributed by atoms with E-state index in [9.17, 15) is 14.4 Å². The van der Waals surface area contributed by atoms with E-state index in [2.05, 4.69) is 0 Å². The van der Waals surface area contributed by atoms with Gasteiger partial charge >= 0.3 is 12.1 Å². The van der Waals surface area contributed by atoms with Gasteiger partial charge in [0, 0.05) is 12.0 Å². The predicted octanol–water partition coefficient (Wildman–Crippen LogP) is 3.42. The van der Waals surface area contributed by atoms with Crippen LogP contribution in [0.4, 0.5) is 4.79 Å². The van der Waals surface area contributed by atoms with Crippen molar-refractivity contribution in [3.8, 4) is 0 Å². The maximum Gasteiger partial charge on any atom is 0.422 e. The Morgan fingerprint density at radius 1 is 1.22 bits per heavy atom. The fourth-order valence-corrected chi connectivity index (χ4v) is 3.12. The van der Waals surface area contributed by atoms with Crippen LogP contribution in [0.3, 0.4) is 0 Å². The van der Waals surface area contributed by atoms with Gasteiger partial charge < -0.3 is 14.2 Å². The Morgan fingerprint density at radius 2 is 1.96 bits per heavy atom. The molecule has 1 atom stereocenters. The third kappa shape index (κ3) is 3.88. The van der Waals surface area contributed by atoms with Gasteiger partial charge in [0.05, 0.1) is 13.2 Å². The van der Waals surface area contributed by atoms with Crippen LogP contribution < -0.4 is 5.56 Å². The number of hydrogen-bond acceptors (Lipinski definition) is 6. The van der Waals surface area contributed by atoms with Crippen molar-refractivity contribution in [3.63, 3.8) is 0 Å². The van der Waals surface area contributed by atoms with Gasteiger partial charge in [-0.1, -0.05) is 6.07 Å². The summed E-state index contributed by atoms with van der Waals surface area (Å²) >= 11 is 0. The van der Waals surface area contributed by atoms with E-state index in [1.807, 2.05) is 12.1 Å². The molecule has 7 heteroatoms. The van der Waals surface area contributed by atoms with Crippen LogP contribution in [0.1, 0.15) is 55.8 Å². The van der Waals surface area contributed by atoms with Gasteiger partial charge in [-0.3, -0.25) is 4.79 Å². The van der Waals surface area contributed by atoms with Gasteiger partial charge in [0.1, 0.15) is 11.3 Å². The summed E-state index contributed by atoms with van der Waals surface area (Å²) in [7, 11) is 1.19. The van der Waals surface area contributed by atoms with Crippen LogP contribution >= 0.6 is 0 Å². The molecule has 2 aromatic rings. The number of benzene rings is 1. The summed E-state index contributed by atoms with van der Waals surface area (Å²) in [5.41, 5.74) is -0.678. The summed E-state index contributed by atoms with van der Waals surface area (Å²) < 4.78 is 16.5. The Bertz CT molecular complexity index is 947. The molecule has 1 aromatic heterocycles. The molecule has 1 fully saturated rings. The topological polar surface area (TPSA) is 83.8 Å². The van der Waals surface area contributed by atoms with E-state index < -0.39 is 23.2 Å². The highest BCUT2D eigenvalue weighted by Crippen LogP contribution is 2.30. The number of methoxy groups -OCH3 is 1. The van der Waals surface area contributed by atoms with Crippen molar-refractivity contribution in [1.82, 2.24) is 4.57 Å². The molecule has 0 saturated carbocycles. The van der Waals surface area contributed by atoms with Crippen molar-refractivity contribution in [2.24, 2.45) is 0 Å². The van der Waals surface area contributed by atoms with E-state index in [1.54, 1.807) is 26.8 Å². The predicted molar refractivity (Wildman–Crippen MR) is 99.1 cm³/mol. The van der Waals surface area contributed by atoms with Crippen LogP contribution in [-0.4, -0.2) is 35.9 Å². The van der Waals surface area contributed by atoms with Crippen LogP contribution in [-0.2, 0) is 14.2 Å². The number of hydrogen-bond donors (Lipinski definition) is 0. The normalized spacial score (nSPS) is 17.1. The molecule has 0 bridgehead atoms. The van der Waals surface area contributed by atoms with E-state index in [4.69, 9.17) is 14.2 Å².